The van der Waals surface area contributed by atoms with Gasteiger partial charge >= 0.3 is 5.97 Å². The number of carbonyl (C=O) groups excluding carboxylic acids is 1. The number of fused-ring (bicyclic) bond motifs is 3. The van der Waals surface area contributed by atoms with E-state index < -0.39 is 5.97 Å². The number of benzene rings is 3. The Labute approximate surface area is 169 Å². The zero-order valence-electron chi connectivity index (χ0n) is 15.8. The van der Waals surface area contributed by atoms with Crippen LogP contribution in [0.1, 0.15) is 45.5 Å². The maximum atomic E-state index is 12.7. The molecule has 0 heterocycles. The van der Waals surface area contributed by atoms with Crippen LogP contribution in [0.3, 0.4) is 0 Å². The maximum Gasteiger partial charge on any atom is 0.342 e. The number of halogens is 1. The molecule has 1 N–H and O–H groups in total. The van der Waals surface area contributed by atoms with Gasteiger partial charge in [-0.15, -0.1) is 0 Å². The summed E-state index contributed by atoms with van der Waals surface area (Å²) < 4.78 is 5.24. The van der Waals surface area contributed by atoms with E-state index in [9.17, 15) is 9.90 Å². The predicted molar refractivity (Wildman–Crippen MR) is 111 cm³/mol. The molecule has 4 rings (SSSR count). The molecule has 28 heavy (non-hydrogen) atoms. The topological polar surface area (TPSA) is 46.5 Å². The zero-order chi connectivity index (χ0) is 19.8. The van der Waals surface area contributed by atoms with Crippen LogP contribution in [0.15, 0.2) is 54.6 Å². The molecule has 0 saturated heterocycles. The van der Waals surface area contributed by atoms with Crippen molar-refractivity contribution in [2.75, 3.05) is 6.61 Å². The highest BCUT2D eigenvalue weighted by atomic mass is 35.5. The van der Waals surface area contributed by atoms with Crippen LogP contribution < -0.4 is 0 Å². The molecule has 0 bridgehead atoms. The molecule has 1 aliphatic rings. The minimum atomic E-state index is -0.504. The van der Waals surface area contributed by atoms with Gasteiger partial charge in [0.1, 0.15) is 11.3 Å². The van der Waals surface area contributed by atoms with Crippen molar-refractivity contribution in [3.8, 4) is 16.9 Å². The largest absolute Gasteiger partial charge is 0.507 e. The SMILES string of the molecule is CCOC(=O)c1c(O)cc(C)c2c1-c1ccc(Cl)cc1C(c1ccccc1)C2. The van der Waals surface area contributed by atoms with E-state index >= 15 is 0 Å². The van der Waals surface area contributed by atoms with Crippen LogP contribution in [0.5, 0.6) is 5.75 Å². The van der Waals surface area contributed by atoms with Gasteiger partial charge in [0.25, 0.3) is 0 Å². The highest BCUT2D eigenvalue weighted by Crippen LogP contribution is 2.48. The van der Waals surface area contributed by atoms with Crippen molar-refractivity contribution in [2.45, 2.75) is 26.2 Å². The van der Waals surface area contributed by atoms with Gasteiger partial charge in [0.05, 0.1) is 6.61 Å². The summed E-state index contributed by atoms with van der Waals surface area (Å²) in [5.41, 5.74) is 6.18. The lowest BCUT2D eigenvalue weighted by Gasteiger charge is -2.31. The Kier molecular flexibility index (Phi) is 4.86. The lowest BCUT2D eigenvalue weighted by molar-refractivity contribution is 0.0524. The van der Waals surface area contributed by atoms with Crippen LogP contribution in [0.4, 0.5) is 0 Å². The number of carbonyl (C=O) groups is 1. The van der Waals surface area contributed by atoms with Crippen LogP contribution >= 0.6 is 11.6 Å². The molecule has 0 amide bonds. The molecule has 0 spiro atoms. The number of aryl methyl sites for hydroxylation is 1. The quantitative estimate of drug-likeness (QED) is 0.565. The Morgan fingerprint density at radius 1 is 1.18 bits per heavy atom. The molecule has 4 heteroatoms. The van der Waals surface area contributed by atoms with Gasteiger partial charge in [0.2, 0.25) is 0 Å². The van der Waals surface area contributed by atoms with Crippen molar-refractivity contribution < 1.29 is 14.6 Å². The first-order valence-electron chi connectivity index (χ1n) is 9.38. The van der Waals surface area contributed by atoms with Crippen molar-refractivity contribution in [1.29, 1.82) is 0 Å². The van der Waals surface area contributed by atoms with E-state index in [1.54, 1.807) is 13.0 Å². The highest BCUT2D eigenvalue weighted by Gasteiger charge is 2.32. The fourth-order valence-corrected chi connectivity index (χ4v) is 4.34. The van der Waals surface area contributed by atoms with E-state index in [1.165, 1.54) is 5.56 Å². The van der Waals surface area contributed by atoms with Crippen molar-refractivity contribution >= 4 is 17.6 Å². The average molecular weight is 393 g/mol. The van der Waals surface area contributed by atoms with Crippen LogP contribution in [0, 0.1) is 6.92 Å². The molecule has 3 nitrogen and oxygen atoms in total. The summed E-state index contributed by atoms with van der Waals surface area (Å²) in [6.07, 6.45) is 0.727. The van der Waals surface area contributed by atoms with Crippen LogP contribution in [-0.2, 0) is 11.2 Å². The normalized spacial score (nSPS) is 14.9. The molecule has 0 radical (unpaired) electrons. The zero-order valence-corrected chi connectivity index (χ0v) is 16.6. The Morgan fingerprint density at radius 2 is 1.93 bits per heavy atom. The molecule has 0 fully saturated rings. The second-order valence-corrected chi connectivity index (χ2v) is 7.50. The second kappa shape index (κ2) is 7.33. The molecule has 1 aliphatic carbocycles. The fourth-order valence-electron chi connectivity index (χ4n) is 4.16. The summed E-state index contributed by atoms with van der Waals surface area (Å²) in [4.78, 5) is 12.7. The number of hydrogen-bond donors (Lipinski definition) is 1. The first kappa shape index (κ1) is 18.6. The Bertz CT molecular complexity index is 1060. The summed E-state index contributed by atoms with van der Waals surface area (Å²) in [5, 5.41) is 11.2. The van der Waals surface area contributed by atoms with Gasteiger partial charge in [-0.05, 0) is 66.3 Å². The monoisotopic (exact) mass is 392 g/mol. The minimum Gasteiger partial charge on any atom is -0.507 e. The fraction of sp³-hybridized carbons (Fsp3) is 0.208. The minimum absolute atomic E-state index is 0.0474. The summed E-state index contributed by atoms with van der Waals surface area (Å²) in [7, 11) is 0. The number of hydrogen-bond acceptors (Lipinski definition) is 3. The summed E-state index contributed by atoms with van der Waals surface area (Å²) in [6, 6.07) is 17.7. The number of aromatic hydroxyl groups is 1. The van der Waals surface area contributed by atoms with Gasteiger partial charge in [0.15, 0.2) is 0 Å². The van der Waals surface area contributed by atoms with E-state index in [-0.39, 0.29) is 23.8 Å². The highest BCUT2D eigenvalue weighted by molar-refractivity contribution is 6.30. The van der Waals surface area contributed by atoms with E-state index in [4.69, 9.17) is 16.3 Å². The van der Waals surface area contributed by atoms with Gasteiger partial charge < -0.3 is 9.84 Å². The van der Waals surface area contributed by atoms with Crippen LogP contribution in [0.2, 0.25) is 5.02 Å². The average Bonchev–Trinajstić information content (AvgIpc) is 2.68. The Balaban J connectivity index is 2.01. The van der Waals surface area contributed by atoms with Gasteiger partial charge in [-0.3, -0.25) is 0 Å². The Morgan fingerprint density at radius 3 is 2.64 bits per heavy atom. The van der Waals surface area contributed by atoms with E-state index in [1.807, 2.05) is 43.3 Å². The first-order chi connectivity index (χ1) is 13.5. The van der Waals surface area contributed by atoms with Gasteiger partial charge in [0, 0.05) is 16.5 Å². The number of phenolic OH excluding ortho intramolecular Hbond substituents is 1. The number of rotatable bonds is 3. The van der Waals surface area contributed by atoms with E-state index in [0.29, 0.717) is 5.02 Å². The van der Waals surface area contributed by atoms with Crippen molar-refractivity contribution in [3.05, 3.63) is 87.4 Å². The van der Waals surface area contributed by atoms with Crippen molar-refractivity contribution in [3.63, 3.8) is 0 Å². The smallest absolute Gasteiger partial charge is 0.342 e. The predicted octanol–water partition coefficient (Wildman–Crippen LogP) is 5.89. The first-order valence-corrected chi connectivity index (χ1v) is 9.76. The standard InChI is InChI=1S/C24H21ClO3/c1-3-28-24(27)23-21(26)11-14(2)18-13-19(15-7-5-4-6-8-15)20-12-16(25)9-10-17(20)22(18)23/h4-12,19,26H,3,13H2,1-2H3. The molecule has 3 aromatic carbocycles. The third-order valence-electron chi connectivity index (χ3n) is 5.39. The maximum absolute atomic E-state index is 12.7. The molecular formula is C24H21ClO3. The van der Waals surface area contributed by atoms with Crippen LogP contribution in [0.25, 0.3) is 11.1 Å². The second-order valence-electron chi connectivity index (χ2n) is 7.06. The molecule has 1 unspecified atom stereocenters. The molecular weight excluding hydrogens is 372 g/mol. The molecule has 0 saturated carbocycles. The summed E-state index contributed by atoms with van der Waals surface area (Å²) in [5.74, 6) is -0.426. The van der Waals surface area contributed by atoms with Gasteiger partial charge in [-0.25, -0.2) is 4.79 Å². The Hall–Kier alpha value is -2.78. The van der Waals surface area contributed by atoms with E-state index in [2.05, 4.69) is 12.1 Å². The molecule has 0 aliphatic heterocycles. The third-order valence-corrected chi connectivity index (χ3v) is 5.62. The lowest BCUT2D eigenvalue weighted by Crippen LogP contribution is -2.18. The summed E-state index contributed by atoms with van der Waals surface area (Å²) >= 11 is 6.33. The number of phenols is 1. The van der Waals surface area contributed by atoms with Crippen molar-refractivity contribution in [2.24, 2.45) is 0 Å². The number of esters is 1. The molecule has 142 valence electrons. The van der Waals surface area contributed by atoms with Gasteiger partial charge in [-0.1, -0.05) is 48.0 Å². The lowest BCUT2D eigenvalue weighted by atomic mass is 9.73. The molecule has 3 aromatic rings. The molecule has 0 aromatic heterocycles. The number of ether oxygens (including phenoxy) is 1. The van der Waals surface area contributed by atoms with E-state index in [0.717, 1.165) is 34.2 Å². The van der Waals surface area contributed by atoms with Crippen LogP contribution in [-0.4, -0.2) is 17.7 Å². The van der Waals surface area contributed by atoms with Gasteiger partial charge in [-0.2, -0.15) is 0 Å². The third kappa shape index (κ3) is 3.06. The van der Waals surface area contributed by atoms with Crippen molar-refractivity contribution in [1.82, 2.24) is 0 Å². The summed E-state index contributed by atoms with van der Waals surface area (Å²) in [6.45, 7) is 3.98. The molecule has 1 atom stereocenters.